The summed E-state index contributed by atoms with van der Waals surface area (Å²) in [5.74, 6) is -0.795. The van der Waals surface area contributed by atoms with Crippen molar-refractivity contribution in [3.8, 4) is 0 Å². The topological polar surface area (TPSA) is 102 Å². The Morgan fingerprint density at radius 1 is 1.22 bits per heavy atom. The van der Waals surface area contributed by atoms with Crippen LogP contribution in [0.2, 0.25) is 0 Å². The molecule has 0 saturated carbocycles. The Bertz CT molecular complexity index is 640. The molecule has 7 nitrogen and oxygen atoms in total. The Morgan fingerprint density at radius 3 is 2.35 bits per heavy atom. The summed E-state index contributed by atoms with van der Waals surface area (Å²) in [5, 5.41) is 3.93. The molecule has 0 aliphatic heterocycles. The molecule has 0 aliphatic rings. The van der Waals surface area contributed by atoms with Crippen LogP contribution < -0.4 is 10.6 Å². The number of carbonyl (C=O) groups is 2. The van der Waals surface area contributed by atoms with Gasteiger partial charge in [-0.25, -0.2) is 8.42 Å². The van der Waals surface area contributed by atoms with Crippen molar-refractivity contribution in [3.05, 3.63) is 24.3 Å². The third-order valence-electron chi connectivity index (χ3n) is 3.16. The highest BCUT2D eigenvalue weighted by atomic mass is 32.2. The van der Waals surface area contributed by atoms with Crippen LogP contribution in [-0.2, 0) is 24.2 Å². The first-order valence-corrected chi connectivity index (χ1v) is 8.72. The van der Waals surface area contributed by atoms with Crippen molar-refractivity contribution < 1.29 is 22.7 Å². The van der Waals surface area contributed by atoms with Gasteiger partial charge in [0.25, 0.3) is 0 Å². The van der Waals surface area contributed by atoms with Gasteiger partial charge in [0.2, 0.25) is 11.8 Å². The number of ether oxygens (including phenoxy) is 1. The highest BCUT2D eigenvalue weighted by Gasteiger charge is 2.29. The van der Waals surface area contributed by atoms with Crippen molar-refractivity contribution in [1.29, 1.82) is 0 Å². The van der Waals surface area contributed by atoms with Gasteiger partial charge in [0.1, 0.15) is 5.25 Å². The molecule has 1 unspecified atom stereocenters. The fraction of sp³-hybridized carbons (Fsp3) is 0.467. The van der Waals surface area contributed by atoms with E-state index in [1.807, 2.05) is 0 Å². The molecule has 0 bridgehead atoms. The first-order valence-electron chi connectivity index (χ1n) is 7.17. The van der Waals surface area contributed by atoms with Gasteiger partial charge in [0.15, 0.2) is 9.84 Å². The first kappa shape index (κ1) is 19.1. The second-order valence-electron chi connectivity index (χ2n) is 5.03. The number of sulfone groups is 1. The molecular formula is C15H22N2O5S. The third kappa shape index (κ3) is 5.65. The van der Waals surface area contributed by atoms with Crippen LogP contribution in [0.25, 0.3) is 0 Å². The van der Waals surface area contributed by atoms with Gasteiger partial charge in [-0.3, -0.25) is 9.59 Å². The van der Waals surface area contributed by atoms with Crippen molar-refractivity contribution >= 4 is 27.3 Å². The molecular weight excluding hydrogens is 320 g/mol. The molecule has 0 aliphatic carbocycles. The molecule has 0 heterocycles. The van der Waals surface area contributed by atoms with Gasteiger partial charge in [-0.15, -0.1) is 0 Å². The molecule has 1 aromatic carbocycles. The Kier molecular flexibility index (Phi) is 7.18. The molecule has 1 aromatic rings. The van der Waals surface area contributed by atoms with Gasteiger partial charge < -0.3 is 15.4 Å². The molecule has 0 aromatic heterocycles. The molecule has 0 saturated heterocycles. The largest absolute Gasteiger partial charge is 0.385 e. The van der Waals surface area contributed by atoms with E-state index in [1.54, 1.807) is 7.11 Å². The van der Waals surface area contributed by atoms with Crippen LogP contribution in [0.3, 0.4) is 0 Å². The lowest BCUT2D eigenvalue weighted by molar-refractivity contribution is -0.120. The number of methoxy groups -OCH3 is 1. The Balaban J connectivity index is 2.76. The summed E-state index contributed by atoms with van der Waals surface area (Å²) in [7, 11) is -2.23. The smallest absolute Gasteiger partial charge is 0.238 e. The average Bonchev–Trinajstić information content (AvgIpc) is 2.50. The standard InChI is InChI=1S/C15H22N2O5S/c1-11(15(19)16-9-4-10-22-3)23(20,21)14-7-5-13(6-8-14)17-12(2)18/h5-8,11H,4,9-10H2,1-3H3,(H,16,19)(H,17,18). The quantitative estimate of drug-likeness (QED) is 0.685. The van der Waals surface area contributed by atoms with Gasteiger partial charge in [-0.2, -0.15) is 0 Å². The monoisotopic (exact) mass is 342 g/mol. The zero-order valence-corrected chi connectivity index (χ0v) is 14.3. The van der Waals surface area contributed by atoms with Crippen LogP contribution in [0.5, 0.6) is 0 Å². The van der Waals surface area contributed by atoms with Gasteiger partial charge in [0, 0.05) is 32.9 Å². The molecule has 0 radical (unpaired) electrons. The lowest BCUT2D eigenvalue weighted by Gasteiger charge is -2.14. The summed E-state index contributed by atoms with van der Waals surface area (Å²) in [6.07, 6.45) is 0.612. The predicted octanol–water partition coefficient (Wildman–Crippen LogP) is 0.960. The maximum absolute atomic E-state index is 12.4. The van der Waals surface area contributed by atoms with E-state index in [1.165, 1.54) is 38.1 Å². The molecule has 23 heavy (non-hydrogen) atoms. The fourth-order valence-corrected chi connectivity index (χ4v) is 3.14. The van der Waals surface area contributed by atoms with E-state index in [9.17, 15) is 18.0 Å². The Morgan fingerprint density at radius 2 is 1.83 bits per heavy atom. The minimum absolute atomic E-state index is 0.0335. The Hall–Kier alpha value is -1.93. The molecule has 2 amide bonds. The maximum Gasteiger partial charge on any atom is 0.238 e. The number of benzene rings is 1. The van der Waals surface area contributed by atoms with Gasteiger partial charge in [-0.05, 0) is 37.6 Å². The number of carbonyl (C=O) groups excluding carboxylic acids is 2. The lowest BCUT2D eigenvalue weighted by atomic mass is 10.3. The Labute approximate surface area is 136 Å². The number of hydrogen-bond donors (Lipinski definition) is 2. The fourth-order valence-electron chi connectivity index (χ4n) is 1.85. The van der Waals surface area contributed by atoms with Gasteiger partial charge in [-0.1, -0.05) is 0 Å². The van der Waals surface area contributed by atoms with Crippen molar-refractivity contribution in [2.45, 2.75) is 30.4 Å². The van der Waals surface area contributed by atoms with E-state index in [-0.39, 0.29) is 10.8 Å². The molecule has 2 N–H and O–H groups in total. The number of anilines is 1. The second kappa shape index (κ2) is 8.64. The van der Waals surface area contributed by atoms with Gasteiger partial charge in [0.05, 0.1) is 4.90 Å². The van der Waals surface area contributed by atoms with Crippen LogP contribution in [0.1, 0.15) is 20.3 Å². The molecule has 1 rings (SSSR count). The van der Waals surface area contributed by atoms with Crippen LogP contribution in [0.4, 0.5) is 5.69 Å². The predicted molar refractivity (Wildman–Crippen MR) is 86.9 cm³/mol. The maximum atomic E-state index is 12.4. The summed E-state index contributed by atoms with van der Waals surface area (Å²) < 4.78 is 29.7. The average molecular weight is 342 g/mol. The SMILES string of the molecule is COCCCNC(=O)C(C)S(=O)(=O)c1ccc(NC(C)=O)cc1. The summed E-state index contributed by atoms with van der Waals surface area (Å²) in [6.45, 7) is 3.56. The number of amides is 2. The summed E-state index contributed by atoms with van der Waals surface area (Å²) in [5.41, 5.74) is 0.494. The highest BCUT2D eigenvalue weighted by molar-refractivity contribution is 7.92. The highest BCUT2D eigenvalue weighted by Crippen LogP contribution is 2.19. The van der Waals surface area contributed by atoms with E-state index in [0.717, 1.165) is 0 Å². The van der Waals surface area contributed by atoms with Crippen molar-refractivity contribution in [2.75, 3.05) is 25.6 Å². The number of nitrogens with one attached hydrogen (secondary N) is 2. The van der Waals surface area contributed by atoms with Crippen LogP contribution in [0.15, 0.2) is 29.2 Å². The van der Waals surface area contributed by atoms with Crippen molar-refractivity contribution in [2.24, 2.45) is 0 Å². The first-order chi connectivity index (χ1) is 10.8. The molecule has 0 fully saturated rings. The second-order valence-corrected chi connectivity index (χ2v) is 7.30. The zero-order chi connectivity index (χ0) is 17.5. The van der Waals surface area contributed by atoms with E-state index in [2.05, 4.69) is 10.6 Å². The summed E-state index contributed by atoms with van der Waals surface area (Å²) >= 11 is 0. The minimum Gasteiger partial charge on any atom is -0.385 e. The zero-order valence-electron chi connectivity index (χ0n) is 13.5. The number of rotatable bonds is 8. The lowest BCUT2D eigenvalue weighted by Crippen LogP contribution is -2.38. The normalized spacial score (nSPS) is 12.5. The third-order valence-corrected chi connectivity index (χ3v) is 5.24. The summed E-state index contributed by atoms with van der Waals surface area (Å²) in [6, 6.07) is 5.71. The molecule has 128 valence electrons. The van der Waals surface area contributed by atoms with Crippen molar-refractivity contribution in [1.82, 2.24) is 5.32 Å². The van der Waals surface area contributed by atoms with Crippen LogP contribution in [0, 0.1) is 0 Å². The van der Waals surface area contributed by atoms with E-state index in [4.69, 9.17) is 4.74 Å². The van der Waals surface area contributed by atoms with Crippen LogP contribution in [-0.4, -0.2) is 45.7 Å². The van der Waals surface area contributed by atoms with Crippen molar-refractivity contribution in [3.63, 3.8) is 0 Å². The van der Waals surface area contributed by atoms with E-state index < -0.39 is 21.0 Å². The summed E-state index contributed by atoms with van der Waals surface area (Å²) in [4.78, 5) is 22.9. The molecule has 1 atom stereocenters. The number of hydrogen-bond acceptors (Lipinski definition) is 5. The minimum atomic E-state index is -3.78. The van der Waals surface area contributed by atoms with E-state index in [0.29, 0.717) is 25.3 Å². The van der Waals surface area contributed by atoms with Gasteiger partial charge >= 0.3 is 0 Å². The molecule has 8 heteroatoms. The van der Waals surface area contributed by atoms with Crippen LogP contribution >= 0.6 is 0 Å². The molecule has 0 spiro atoms. The van der Waals surface area contributed by atoms with E-state index >= 15 is 0 Å².